The molecule has 2 aromatic carbocycles. The molecule has 0 saturated heterocycles. The maximum Gasteiger partial charge on any atom is 0.414 e. The van der Waals surface area contributed by atoms with Gasteiger partial charge < -0.3 is 19.3 Å². The van der Waals surface area contributed by atoms with Crippen molar-refractivity contribution in [3.8, 4) is 11.1 Å². The summed E-state index contributed by atoms with van der Waals surface area (Å²) in [6.45, 7) is -0.359. The first-order valence-electron chi connectivity index (χ1n) is 9.50. The van der Waals surface area contributed by atoms with Crippen LogP contribution in [0.2, 0.25) is 0 Å². The first kappa shape index (κ1) is 20.1. The number of hydrogen-bond donors (Lipinski definition) is 2. The normalized spacial score (nSPS) is 12.0. The highest BCUT2D eigenvalue weighted by Crippen LogP contribution is 2.44. The van der Waals surface area contributed by atoms with Gasteiger partial charge in [-0.1, -0.05) is 53.7 Å². The quantitative estimate of drug-likeness (QED) is 0.627. The van der Waals surface area contributed by atoms with Crippen molar-refractivity contribution in [2.75, 3.05) is 25.5 Å². The third kappa shape index (κ3) is 4.11. The second-order valence-electron chi connectivity index (χ2n) is 7.08. The van der Waals surface area contributed by atoms with Crippen LogP contribution in [-0.4, -0.2) is 53.3 Å². The minimum atomic E-state index is -1.16. The Hall–Kier alpha value is -4.14. The molecule has 0 unspecified atom stereocenters. The van der Waals surface area contributed by atoms with Crippen LogP contribution in [0.3, 0.4) is 0 Å². The van der Waals surface area contributed by atoms with E-state index in [9.17, 15) is 14.4 Å². The van der Waals surface area contributed by atoms with E-state index in [-0.39, 0.29) is 24.1 Å². The lowest BCUT2D eigenvalue weighted by atomic mass is 9.98. The van der Waals surface area contributed by atoms with Gasteiger partial charge in [0.2, 0.25) is 5.88 Å². The van der Waals surface area contributed by atoms with Crippen molar-refractivity contribution in [2.45, 2.75) is 5.92 Å². The molecule has 2 amide bonds. The summed E-state index contributed by atoms with van der Waals surface area (Å²) >= 11 is 0. The van der Waals surface area contributed by atoms with Gasteiger partial charge >= 0.3 is 12.1 Å². The molecule has 0 spiro atoms. The fraction of sp³-hybridized carbons (Fsp3) is 0.182. The van der Waals surface area contributed by atoms with E-state index >= 15 is 0 Å². The first-order valence-corrected chi connectivity index (χ1v) is 9.50. The summed E-state index contributed by atoms with van der Waals surface area (Å²) in [4.78, 5) is 36.1. The van der Waals surface area contributed by atoms with Crippen LogP contribution in [-0.2, 0) is 9.53 Å². The Morgan fingerprint density at radius 3 is 2.32 bits per heavy atom. The number of nitrogens with one attached hydrogen (secondary N) is 1. The minimum Gasteiger partial charge on any atom is -0.480 e. The molecule has 4 rings (SSSR count). The average molecular weight is 421 g/mol. The zero-order valence-corrected chi connectivity index (χ0v) is 16.6. The van der Waals surface area contributed by atoms with Crippen molar-refractivity contribution in [2.24, 2.45) is 0 Å². The number of likely N-dealkylation sites (N-methyl/N-ethyl adjacent to an activating group) is 1. The van der Waals surface area contributed by atoms with Crippen LogP contribution < -0.4 is 5.32 Å². The van der Waals surface area contributed by atoms with E-state index in [4.69, 9.17) is 14.4 Å². The lowest BCUT2D eigenvalue weighted by Gasteiger charge is -2.14. The molecule has 1 aromatic heterocycles. The second-order valence-corrected chi connectivity index (χ2v) is 7.08. The number of amides is 2. The predicted octanol–water partition coefficient (Wildman–Crippen LogP) is 3.19. The highest BCUT2D eigenvalue weighted by molar-refractivity contribution is 5.95. The van der Waals surface area contributed by atoms with Gasteiger partial charge in [-0.25, -0.2) is 4.79 Å². The number of carbonyl (C=O) groups is 3. The molecular weight excluding hydrogens is 402 g/mol. The molecule has 0 aliphatic heterocycles. The smallest absolute Gasteiger partial charge is 0.414 e. The molecule has 158 valence electrons. The number of ether oxygens (including phenoxy) is 1. The zero-order valence-electron chi connectivity index (χ0n) is 16.6. The molecule has 9 heteroatoms. The maximum absolute atomic E-state index is 12.3. The largest absolute Gasteiger partial charge is 0.480 e. The van der Waals surface area contributed by atoms with Gasteiger partial charge in [0.25, 0.3) is 5.91 Å². The van der Waals surface area contributed by atoms with Gasteiger partial charge in [0, 0.05) is 19.0 Å². The number of benzene rings is 2. The van der Waals surface area contributed by atoms with E-state index in [1.807, 2.05) is 48.5 Å². The van der Waals surface area contributed by atoms with Crippen molar-refractivity contribution in [3.05, 3.63) is 71.4 Å². The highest BCUT2D eigenvalue weighted by Gasteiger charge is 2.29. The minimum absolute atomic E-state index is 0.0794. The average Bonchev–Trinajstić information content (AvgIpc) is 3.34. The zero-order chi connectivity index (χ0) is 22.0. The molecule has 9 nitrogen and oxygen atoms in total. The van der Waals surface area contributed by atoms with Crippen LogP contribution in [0.5, 0.6) is 0 Å². The molecule has 1 heterocycles. The monoisotopic (exact) mass is 421 g/mol. The maximum atomic E-state index is 12.3. The molecule has 2 N–H and O–H groups in total. The number of nitrogens with zero attached hydrogens (tertiary/aromatic N) is 2. The fourth-order valence-corrected chi connectivity index (χ4v) is 3.64. The van der Waals surface area contributed by atoms with Gasteiger partial charge in [0.05, 0.1) is 0 Å². The summed E-state index contributed by atoms with van der Waals surface area (Å²) in [6, 6.07) is 17.2. The van der Waals surface area contributed by atoms with E-state index in [1.54, 1.807) is 0 Å². The van der Waals surface area contributed by atoms with Gasteiger partial charge in [-0.3, -0.25) is 14.9 Å². The molecule has 1 aliphatic carbocycles. The molecule has 0 saturated carbocycles. The van der Waals surface area contributed by atoms with E-state index in [0.717, 1.165) is 27.2 Å². The van der Waals surface area contributed by atoms with Crippen molar-refractivity contribution in [1.82, 2.24) is 10.1 Å². The van der Waals surface area contributed by atoms with Crippen molar-refractivity contribution in [3.63, 3.8) is 0 Å². The lowest BCUT2D eigenvalue weighted by Crippen LogP contribution is -2.32. The van der Waals surface area contributed by atoms with Gasteiger partial charge in [0.15, 0.2) is 5.69 Å². The molecule has 0 radical (unpaired) electrons. The molecule has 1 aliphatic rings. The fourth-order valence-electron chi connectivity index (χ4n) is 3.64. The predicted molar refractivity (Wildman–Crippen MR) is 110 cm³/mol. The third-order valence-electron chi connectivity index (χ3n) is 5.02. The Labute approximate surface area is 177 Å². The molecule has 31 heavy (non-hydrogen) atoms. The molecule has 0 bridgehead atoms. The number of carbonyl (C=O) groups excluding carboxylic acids is 2. The summed E-state index contributed by atoms with van der Waals surface area (Å²) in [7, 11) is 1.32. The van der Waals surface area contributed by atoms with Crippen LogP contribution in [0.1, 0.15) is 27.5 Å². The van der Waals surface area contributed by atoms with E-state index in [2.05, 4.69) is 10.5 Å². The number of carboxylic acids is 1. The van der Waals surface area contributed by atoms with E-state index in [0.29, 0.717) is 0 Å². The first-order chi connectivity index (χ1) is 14.9. The molecule has 3 aromatic rings. The van der Waals surface area contributed by atoms with Gasteiger partial charge in [-0.15, -0.1) is 0 Å². The number of anilines is 1. The van der Waals surface area contributed by atoms with E-state index < -0.39 is 24.5 Å². The van der Waals surface area contributed by atoms with Crippen molar-refractivity contribution in [1.29, 1.82) is 0 Å². The van der Waals surface area contributed by atoms with Gasteiger partial charge in [0.1, 0.15) is 13.2 Å². The van der Waals surface area contributed by atoms with Crippen LogP contribution >= 0.6 is 0 Å². The Balaban J connectivity index is 1.39. The highest BCUT2D eigenvalue weighted by atomic mass is 16.6. The summed E-state index contributed by atoms with van der Waals surface area (Å²) in [5, 5.41) is 14.7. The summed E-state index contributed by atoms with van der Waals surface area (Å²) in [5.74, 6) is -1.97. The molecular formula is C22H19N3O6. The number of rotatable bonds is 6. The summed E-state index contributed by atoms with van der Waals surface area (Å²) in [5.41, 5.74) is 4.29. The second kappa shape index (κ2) is 8.31. The van der Waals surface area contributed by atoms with Gasteiger partial charge in [-0.2, -0.15) is 0 Å². The molecule has 0 atom stereocenters. The van der Waals surface area contributed by atoms with Crippen molar-refractivity contribution >= 4 is 23.9 Å². The van der Waals surface area contributed by atoms with Crippen molar-refractivity contribution < 1.29 is 28.8 Å². The Morgan fingerprint density at radius 2 is 1.71 bits per heavy atom. The Bertz CT molecular complexity index is 1110. The molecule has 0 fully saturated rings. The number of fused-ring (bicyclic) bond motifs is 3. The van der Waals surface area contributed by atoms with Crippen LogP contribution in [0.25, 0.3) is 11.1 Å². The number of carboxylic acid groups (broad SMARTS) is 1. The van der Waals surface area contributed by atoms with Crippen LogP contribution in [0, 0.1) is 0 Å². The lowest BCUT2D eigenvalue weighted by molar-refractivity contribution is -0.137. The number of hydrogen-bond acceptors (Lipinski definition) is 6. The van der Waals surface area contributed by atoms with E-state index in [1.165, 1.54) is 13.1 Å². The summed E-state index contributed by atoms with van der Waals surface area (Å²) < 4.78 is 10.3. The topological polar surface area (TPSA) is 122 Å². The Kier molecular flexibility index (Phi) is 5.40. The third-order valence-corrected chi connectivity index (χ3v) is 5.02. The number of aromatic nitrogens is 1. The van der Waals surface area contributed by atoms with Gasteiger partial charge in [-0.05, 0) is 22.3 Å². The van der Waals surface area contributed by atoms with Crippen LogP contribution in [0.4, 0.5) is 10.7 Å². The Morgan fingerprint density at radius 1 is 1.10 bits per heavy atom. The SMILES string of the molecule is CN(CC(=O)O)C(=O)c1cc(NC(=O)OCC2c3ccccc3-c3ccccc32)on1. The summed E-state index contributed by atoms with van der Waals surface area (Å²) in [6.07, 6.45) is -0.754. The standard InChI is InChI=1S/C22H19N3O6/c1-25(11-20(26)27)21(28)18-10-19(31-24-18)23-22(29)30-12-17-15-8-4-2-6-13(15)14-7-3-5-9-16(14)17/h2-10,17H,11-12H2,1H3,(H,23,29)(H,26,27). The number of aliphatic carboxylic acids is 1. The van der Waals surface area contributed by atoms with Crippen LogP contribution in [0.15, 0.2) is 59.1 Å².